The van der Waals surface area contributed by atoms with Crippen LogP contribution in [0.2, 0.25) is 0 Å². The second kappa shape index (κ2) is 10.1. The molecule has 10 heteroatoms. The van der Waals surface area contributed by atoms with E-state index in [0.717, 1.165) is 5.56 Å². The zero-order chi connectivity index (χ0) is 24.9. The van der Waals surface area contributed by atoms with E-state index in [-0.39, 0.29) is 23.6 Å². The number of ether oxygens (including phenoxy) is 1. The van der Waals surface area contributed by atoms with E-state index in [2.05, 4.69) is 25.8 Å². The molecule has 36 heavy (non-hydrogen) atoms. The van der Waals surface area contributed by atoms with Crippen molar-refractivity contribution in [3.8, 4) is 28.7 Å². The number of carbonyl (C=O) groups is 1. The summed E-state index contributed by atoms with van der Waals surface area (Å²) in [6.07, 6.45) is 3.45. The summed E-state index contributed by atoms with van der Waals surface area (Å²) in [4.78, 5) is 20.9. The van der Waals surface area contributed by atoms with Gasteiger partial charge in [0.1, 0.15) is 17.3 Å². The van der Waals surface area contributed by atoms with Gasteiger partial charge < -0.3 is 24.5 Å². The number of rotatable bonds is 7. The Morgan fingerprint density at radius 1 is 1.03 bits per heavy atom. The average molecular weight is 484 g/mol. The number of hydrogen-bond donors (Lipinski definition) is 2. The van der Waals surface area contributed by atoms with Crippen molar-refractivity contribution in [3.05, 3.63) is 96.7 Å². The molecule has 0 unspecified atom stereocenters. The third-order valence-corrected chi connectivity index (χ3v) is 5.29. The van der Waals surface area contributed by atoms with Crippen LogP contribution in [0.15, 0.2) is 89.8 Å². The van der Waals surface area contributed by atoms with Crippen LogP contribution in [0.5, 0.6) is 5.75 Å². The van der Waals surface area contributed by atoms with Crippen LogP contribution >= 0.6 is 0 Å². The molecule has 3 aromatic carbocycles. The topological polar surface area (TPSA) is 107 Å². The van der Waals surface area contributed by atoms with Crippen LogP contribution in [0, 0.1) is 5.82 Å². The molecule has 0 bridgehead atoms. The standard InChI is InChI=1S/C26H21FN6O3/c1-35-22-11-9-21(10-12-22)30-26(34)29-20-7-5-17(6-8-20)14-33-15-23(28-16-33)25-31-24(32-36-25)18-3-2-4-19(27)13-18/h2-13,15-16H,14H2,1H3,(H2,29,30,34). The van der Waals surface area contributed by atoms with Gasteiger partial charge in [0.25, 0.3) is 5.89 Å². The molecule has 0 aliphatic carbocycles. The molecule has 0 saturated carbocycles. The second-order valence-electron chi connectivity index (χ2n) is 7.87. The molecular formula is C26H21FN6O3. The zero-order valence-electron chi connectivity index (χ0n) is 19.2. The number of aromatic nitrogens is 4. The highest BCUT2D eigenvalue weighted by atomic mass is 19.1. The lowest BCUT2D eigenvalue weighted by Gasteiger charge is -2.09. The predicted molar refractivity (Wildman–Crippen MR) is 132 cm³/mol. The number of anilines is 2. The van der Waals surface area contributed by atoms with E-state index in [4.69, 9.17) is 9.26 Å². The van der Waals surface area contributed by atoms with Gasteiger partial charge in [-0.15, -0.1) is 0 Å². The van der Waals surface area contributed by atoms with Gasteiger partial charge in [0.2, 0.25) is 5.82 Å². The number of methoxy groups -OCH3 is 1. The molecule has 5 rings (SSSR count). The molecule has 2 amide bonds. The third-order valence-electron chi connectivity index (χ3n) is 5.29. The maximum atomic E-state index is 13.5. The first-order valence-electron chi connectivity index (χ1n) is 11.0. The minimum absolute atomic E-state index is 0.246. The number of hydrogen-bond acceptors (Lipinski definition) is 6. The average Bonchev–Trinajstić information content (AvgIpc) is 3.56. The predicted octanol–water partition coefficient (Wildman–Crippen LogP) is 5.44. The quantitative estimate of drug-likeness (QED) is 0.319. The van der Waals surface area contributed by atoms with Crippen LogP contribution in [-0.4, -0.2) is 32.8 Å². The molecule has 0 atom stereocenters. The molecule has 0 fully saturated rings. The van der Waals surface area contributed by atoms with Crippen LogP contribution in [0.25, 0.3) is 23.0 Å². The first-order valence-corrected chi connectivity index (χ1v) is 11.0. The van der Waals surface area contributed by atoms with Crippen molar-refractivity contribution in [2.24, 2.45) is 0 Å². The number of amides is 2. The van der Waals surface area contributed by atoms with Gasteiger partial charge in [0.05, 0.1) is 13.4 Å². The number of nitrogens with one attached hydrogen (secondary N) is 2. The SMILES string of the molecule is COc1ccc(NC(=O)Nc2ccc(Cn3cnc(-c4nc(-c5cccc(F)c5)no4)c3)cc2)cc1. The fourth-order valence-electron chi connectivity index (χ4n) is 3.50. The van der Waals surface area contributed by atoms with Gasteiger partial charge in [-0.2, -0.15) is 4.98 Å². The Balaban J connectivity index is 1.18. The van der Waals surface area contributed by atoms with Crippen LogP contribution < -0.4 is 15.4 Å². The molecule has 9 nitrogen and oxygen atoms in total. The largest absolute Gasteiger partial charge is 0.497 e. The van der Waals surface area contributed by atoms with Gasteiger partial charge in [-0.25, -0.2) is 14.2 Å². The van der Waals surface area contributed by atoms with Crippen LogP contribution in [0.3, 0.4) is 0 Å². The molecule has 5 aromatic rings. The molecule has 2 N–H and O–H groups in total. The molecular weight excluding hydrogens is 463 g/mol. The van der Waals surface area contributed by atoms with Gasteiger partial charge in [-0.05, 0) is 54.1 Å². The van der Waals surface area contributed by atoms with Crippen molar-refractivity contribution in [1.82, 2.24) is 19.7 Å². The van der Waals surface area contributed by atoms with Gasteiger partial charge in [-0.1, -0.05) is 29.4 Å². The zero-order valence-corrected chi connectivity index (χ0v) is 19.2. The van der Waals surface area contributed by atoms with E-state index in [9.17, 15) is 9.18 Å². The van der Waals surface area contributed by atoms with Crippen molar-refractivity contribution in [3.63, 3.8) is 0 Å². The smallest absolute Gasteiger partial charge is 0.323 e. The molecule has 2 heterocycles. The lowest BCUT2D eigenvalue weighted by Crippen LogP contribution is -2.19. The van der Waals surface area contributed by atoms with E-state index >= 15 is 0 Å². The first kappa shape index (κ1) is 22.8. The normalized spacial score (nSPS) is 10.7. The summed E-state index contributed by atoms with van der Waals surface area (Å²) in [5.74, 6) is 0.878. The summed E-state index contributed by atoms with van der Waals surface area (Å²) in [6.45, 7) is 0.552. The van der Waals surface area contributed by atoms with Crippen molar-refractivity contribution >= 4 is 17.4 Å². The second-order valence-corrected chi connectivity index (χ2v) is 7.87. The number of urea groups is 1. The summed E-state index contributed by atoms with van der Waals surface area (Å²) in [7, 11) is 1.59. The molecule has 0 aliphatic rings. The monoisotopic (exact) mass is 484 g/mol. The van der Waals surface area contributed by atoms with Gasteiger partial charge in [0.15, 0.2) is 0 Å². The highest BCUT2D eigenvalue weighted by Gasteiger charge is 2.14. The third kappa shape index (κ3) is 5.39. The Kier molecular flexibility index (Phi) is 6.39. The summed E-state index contributed by atoms with van der Waals surface area (Å²) < 4.78 is 25.8. The van der Waals surface area contributed by atoms with E-state index in [1.54, 1.807) is 56.0 Å². The molecule has 0 radical (unpaired) electrons. The number of benzene rings is 3. The van der Waals surface area contributed by atoms with Crippen LogP contribution in [-0.2, 0) is 6.54 Å². The number of carbonyl (C=O) groups excluding carboxylic acids is 1. The Hall–Kier alpha value is -4.99. The van der Waals surface area contributed by atoms with Gasteiger partial charge in [-0.3, -0.25) is 0 Å². The minimum atomic E-state index is -0.373. The van der Waals surface area contributed by atoms with Crippen molar-refractivity contribution < 1.29 is 18.4 Å². The van der Waals surface area contributed by atoms with Crippen LogP contribution in [0.1, 0.15) is 5.56 Å². The Morgan fingerprint density at radius 2 is 1.75 bits per heavy atom. The van der Waals surface area contributed by atoms with E-state index in [0.29, 0.717) is 34.9 Å². The number of nitrogens with zero attached hydrogens (tertiary/aromatic N) is 4. The highest BCUT2D eigenvalue weighted by molar-refractivity contribution is 5.99. The maximum Gasteiger partial charge on any atom is 0.323 e. The molecule has 0 spiro atoms. The maximum absolute atomic E-state index is 13.5. The van der Waals surface area contributed by atoms with E-state index in [1.807, 2.05) is 28.8 Å². The summed E-state index contributed by atoms with van der Waals surface area (Å²) in [6, 6.07) is 20.2. The lowest BCUT2D eigenvalue weighted by atomic mass is 10.2. The van der Waals surface area contributed by atoms with Crippen molar-refractivity contribution in [2.75, 3.05) is 17.7 Å². The van der Waals surface area contributed by atoms with Crippen molar-refractivity contribution in [1.29, 1.82) is 0 Å². The minimum Gasteiger partial charge on any atom is -0.497 e. The first-order chi connectivity index (χ1) is 17.6. The highest BCUT2D eigenvalue weighted by Crippen LogP contribution is 2.22. The molecule has 0 saturated heterocycles. The van der Waals surface area contributed by atoms with Crippen molar-refractivity contribution in [2.45, 2.75) is 6.54 Å². The Bertz CT molecular complexity index is 1480. The number of halogens is 1. The Morgan fingerprint density at radius 3 is 2.44 bits per heavy atom. The molecule has 180 valence electrons. The van der Waals surface area contributed by atoms with E-state index < -0.39 is 0 Å². The number of imidazole rings is 1. The van der Waals surface area contributed by atoms with E-state index in [1.165, 1.54) is 12.1 Å². The fraction of sp³-hybridized carbons (Fsp3) is 0.0769. The molecule has 0 aliphatic heterocycles. The van der Waals surface area contributed by atoms with Gasteiger partial charge >= 0.3 is 6.03 Å². The lowest BCUT2D eigenvalue weighted by molar-refractivity contribution is 0.262. The fourth-order valence-corrected chi connectivity index (χ4v) is 3.50. The summed E-state index contributed by atoms with van der Waals surface area (Å²) in [5.41, 5.74) is 3.36. The van der Waals surface area contributed by atoms with Crippen LogP contribution in [0.4, 0.5) is 20.6 Å². The Labute approximate surface area is 205 Å². The van der Waals surface area contributed by atoms with Gasteiger partial charge in [0, 0.05) is 29.7 Å². The summed E-state index contributed by atoms with van der Waals surface area (Å²) in [5, 5.41) is 9.49. The summed E-state index contributed by atoms with van der Waals surface area (Å²) >= 11 is 0. The molecule has 2 aromatic heterocycles.